The van der Waals surface area contributed by atoms with Crippen LogP contribution in [-0.2, 0) is 27.5 Å². The Bertz CT molecular complexity index is 176. The molecular formula is C10H28O6Si2. The molecule has 0 heterocycles. The molecule has 112 valence electrons. The van der Waals surface area contributed by atoms with E-state index in [0.717, 1.165) is 0 Å². The van der Waals surface area contributed by atoms with Crippen LogP contribution in [0.3, 0.4) is 0 Å². The first kappa shape index (κ1) is 20.5. The van der Waals surface area contributed by atoms with E-state index in [4.69, 9.17) is 27.5 Å². The molecule has 0 rings (SSSR count). The molecule has 3 unspecified atom stereocenters. The second-order valence-corrected chi connectivity index (χ2v) is 6.06. The van der Waals surface area contributed by atoms with Crippen LogP contribution >= 0.6 is 0 Å². The molecule has 0 saturated carbocycles. The molecule has 18 heavy (non-hydrogen) atoms. The molecule has 0 spiro atoms. The first-order chi connectivity index (χ1) is 7.86. The van der Waals surface area contributed by atoms with Crippen LogP contribution in [0.2, 0.25) is 6.55 Å². The van der Waals surface area contributed by atoms with Crippen LogP contribution in [0, 0.1) is 0 Å². The van der Waals surface area contributed by atoms with Gasteiger partial charge in [-0.1, -0.05) is 0 Å². The number of methoxy groups -OCH3 is 3. The van der Waals surface area contributed by atoms with Crippen LogP contribution in [0.1, 0.15) is 20.8 Å². The maximum absolute atomic E-state index is 5.64. The van der Waals surface area contributed by atoms with E-state index in [1.54, 1.807) is 48.6 Å². The zero-order valence-electron chi connectivity index (χ0n) is 11.7. The minimum absolute atomic E-state index is 0. The highest BCUT2D eigenvalue weighted by Gasteiger charge is 2.40. The molecule has 0 N–H and O–H groups in total. The Morgan fingerprint density at radius 1 is 0.667 bits per heavy atom. The van der Waals surface area contributed by atoms with Crippen molar-refractivity contribution in [2.24, 2.45) is 0 Å². The summed E-state index contributed by atoms with van der Waals surface area (Å²) in [5.74, 6) is 0. The van der Waals surface area contributed by atoms with Crippen molar-refractivity contribution in [3.8, 4) is 0 Å². The normalized spacial score (nSPS) is 19.5. The first-order valence-corrected chi connectivity index (χ1v) is 7.71. The second kappa shape index (κ2) is 10.0. The predicted molar refractivity (Wildman–Crippen MR) is 75.6 cm³/mol. The maximum Gasteiger partial charge on any atom is 0.503 e. The third-order valence-electron chi connectivity index (χ3n) is 2.14. The van der Waals surface area contributed by atoms with Gasteiger partial charge in [0.1, 0.15) is 18.9 Å². The topological polar surface area (TPSA) is 55.4 Å². The van der Waals surface area contributed by atoms with Crippen molar-refractivity contribution >= 4 is 19.8 Å². The van der Waals surface area contributed by atoms with Gasteiger partial charge in [-0.3, -0.25) is 0 Å². The van der Waals surface area contributed by atoms with E-state index in [0.29, 0.717) is 0 Å². The van der Waals surface area contributed by atoms with Gasteiger partial charge in [0.2, 0.25) is 0 Å². The molecule has 0 saturated heterocycles. The van der Waals surface area contributed by atoms with Gasteiger partial charge in [0.05, 0.1) is 0 Å². The van der Waals surface area contributed by atoms with Crippen molar-refractivity contribution in [2.45, 2.75) is 46.2 Å². The zero-order valence-corrected chi connectivity index (χ0v) is 12.7. The average molecular weight is 300 g/mol. The van der Waals surface area contributed by atoms with Crippen molar-refractivity contribution in [1.29, 1.82) is 0 Å². The standard InChI is InChI=1S/C10H24O6Si.H4Si/c1-8(11-4)14-17(7,15-9(2)12-5)16-10(3)13-6;/h8-10H,1-7H3;1H4. The van der Waals surface area contributed by atoms with Crippen LogP contribution in [-0.4, -0.2) is 60.0 Å². The molecule has 8 heteroatoms. The van der Waals surface area contributed by atoms with Crippen LogP contribution in [0.25, 0.3) is 0 Å². The van der Waals surface area contributed by atoms with Gasteiger partial charge in [-0.2, -0.15) is 0 Å². The summed E-state index contributed by atoms with van der Waals surface area (Å²) >= 11 is 0. The van der Waals surface area contributed by atoms with Crippen LogP contribution in [0.4, 0.5) is 0 Å². The van der Waals surface area contributed by atoms with E-state index in [-0.39, 0.29) is 11.0 Å². The van der Waals surface area contributed by atoms with Crippen LogP contribution < -0.4 is 0 Å². The minimum atomic E-state index is -2.88. The molecule has 0 aliphatic carbocycles. The van der Waals surface area contributed by atoms with Crippen molar-refractivity contribution < 1.29 is 27.5 Å². The Hall–Kier alpha value is 0.194. The Balaban J connectivity index is 0. The van der Waals surface area contributed by atoms with Gasteiger partial charge in [-0.15, -0.1) is 0 Å². The first-order valence-electron chi connectivity index (χ1n) is 5.48. The molecule has 6 nitrogen and oxygen atoms in total. The van der Waals surface area contributed by atoms with Gasteiger partial charge >= 0.3 is 8.80 Å². The number of ether oxygens (including phenoxy) is 3. The third-order valence-corrected chi connectivity index (χ3v) is 4.42. The fourth-order valence-corrected chi connectivity index (χ4v) is 3.40. The quantitative estimate of drug-likeness (QED) is 0.446. The summed E-state index contributed by atoms with van der Waals surface area (Å²) in [4.78, 5) is 0. The van der Waals surface area contributed by atoms with Crippen molar-refractivity contribution in [2.75, 3.05) is 21.3 Å². The highest BCUT2D eigenvalue weighted by Crippen LogP contribution is 2.17. The molecule has 0 aliphatic rings. The van der Waals surface area contributed by atoms with Crippen molar-refractivity contribution in [3.63, 3.8) is 0 Å². The molecule has 0 radical (unpaired) electrons. The summed E-state index contributed by atoms with van der Waals surface area (Å²) in [6.45, 7) is 7.08. The van der Waals surface area contributed by atoms with E-state index in [1.165, 1.54) is 0 Å². The molecule has 0 aromatic heterocycles. The summed E-state index contributed by atoms with van der Waals surface area (Å²) in [7, 11) is 1.79. The third kappa shape index (κ3) is 8.32. The molecule has 0 aromatic rings. The minimum Gasteiger partial charge on any atom is -0.357 e. The maximum atomic E-state index is 5.64. The van der Waals surface area contributed by atoms with Crippen molar-refractivity contribution in [3.05, 3.63) is 0 Å². The van der Waals surface area contributed by atoms with E-state index in [9.17, 15) is 0 Å². The van der Waals surface area contributed by atoms with Gasteiger partial charge in [0, 0.05) is 27.9 Å². The number of hydrogen-bond donors (Lipinski definition) is 0. The summed E-state index contributed by atoms with van der Waals surface area (Å²) in [5.41, 5.74) is 0. The lowest BCUT2D eigenvalue weighted by molar-refractivity contribution is -0.160. The van der Waals surface area contributed by atoms with Gasteiger partial charge in [0.25, 0.3) is 0 Å². The van der Waals surface area contributed by atoms with Crippen molar-refractivity contribution in [1.82, 2.24) is 0 Å². The summed E-state index contributed by atoms with van der Waals surface area (Å²) in [5, 5.41) is 0. The Labute approximate surface area is 115 Å². The number of hydrogen-bond acceptors (Lipinski definition) is 6. The summed E-state index contributed by atoms with van der Waals surface area (Å²) < 4.78 is 32.1. The van der Waals surface area contributed by atoms with Crippen LogP contribution in [0.5, 0.6) is 0 Å². The van der Waals surface area contributed by atoms with E-state index in [2.05, 4.69) is 0 Å². The predicted octanol–water partition coefficient (Wildman–Crippen LogP) is 0.130. The fraction of sp³-hybridized carbons (Fsp3) is 1.00. The lowest BCUT2D eigenvalue weighted by atomic mass is 10.8. The van der Waals surface area contributed by atoms with Crippen LogP contribution in [0.15, 0.2) is 0 Å². The average Bonchev–Trinajstić information content (AvgIpc) is 2.27. The van der Waals surface area contributed by atoms with Gasteiger partial charge < -0.3 is 27.5 Å². The molecular weight excluding hydrogens is 272 g/mol. The van der Waals surface area contributed by atoms with E-state index >= 15 is 0 Å². The van der Waals surface area contributed by atoms with E-state index in [1.807, 2.05) is 0 Å². The zero-order chi connectivity index (χ0) is 13.5. The van der Waals surface area contributed by atoms with Gasteiger partial charge in [-0.25, -0.2) is 0 Å². The smallest absolute Gasteiger partial charge is 0.357 e. The van der Waals surface area contributed by atoms with Gasteiger partial charge in [-0.05, 0) is 31.7 Å². The monoisotopic (exact) mass is 300 g/mol. The van der Waals surface area contributed by atoms with E-state index < -0.39 is 27.7 Å². The summed E-state index contributed by atoms with van der Waals surface area (Å²) in [6.07, 6.45) is -1.25. The SMILES string of the molecule is COC(C)O[Si](C)(OC(C)OC)OC(C)OC.[SiH4]. The molecule has 0 amide bonds. The second-order valence-electron chi connectivity index (χ2n) is 3.63. The Morgan fingerprint density at radius 3 is 1.06 bits per heavy atom. The largest absolute Gasteiger partial charge is 0.503 e. The lowest BCUT2D eigenvalue weighted by Gasteiger charge is -2.32. The van der Waals surface area contributed by atoms with Gasteiger partial charge in [0.15, 0.2) is 0 Å². The molecule has 0 fully saturated rings. The molecule has 0 bridgehead atoms. The highest BCUT2D eigenvalue weighted by molar-refractivity contribution is 6.59. The Morgan fingerprint density at radius 2 is 0.889 bits per heavy atom. The lowest BCUT2D eigenvalue weighted by Crippen LogP contribution is -2.49. The fourth-order valence-electron chi connectivity index (χ4n) is 1.13. The number of rotatable bonds is 9. The summed E-state index contributed by atoms with van der Waals surface area (Å²) in [6, 6.07) is 0. The molecule has 0 aromatic carbocycles. The Kier molecular flexibility index (Phi) is 11.4. The molecule has 0 aliphatic heterocycles. The molecule has 3 atom stereocenters. The highest BCUT2D eigenvalue weighted by atomic mass is 28.4.